The number of rotatable bonds is 5. The van der Waals surface area contributed by atoms with Gasteiger partial charge in [-0.1, -0.05) is 18.9 Å². The molecule has 3 atom stereocenters. The quantitative estimate of drug-likeness (QED) is 0.648. The van der Waals surface area contributed by atoms with E-state index in [0.717, 1.165) is 31.2 Å². The van der Waals surface area contributed by atoms with E-state index in [4.69, 9.17) is 4.74 Å². The number of benzene rings is 2. The van der Waals surface area contributed by atoms with Gasteiger partial charge in [0, 0.05) is 43.7 Å². The van der Waals surface area contributed by atoms with Crippen LogP contribution in [0.1, 0.15) is 52.0 Å². The standard InChI is InChI=1S/C28H33FN4O4/c1-37-20-9-7-19(8-10-20)27(35)32-12-14-33(15-13-32)28(36)23-16-18(6-11-24(23)29)17-25-21-4-2-3-5-22(21)26(34)31-30-25/h6-11,16,21-22,25,30H,2-5,12-15,17H2,1H3,(H,31,34). The number of hydrogen-bond acceptors (Lipinski definition) is 5. The minimum absolute atomic E-state index is 0.0125. The molecule has 0 bridgehead atoms. The molecule has 0 aromatic heterocycles. The molecule has 2 aromatic carbocycles. The fourth-order valence-corrected chi connectivity index (χ4v) is 5.85. The lowest BCUT2D eigenvalue weighted by Gasteiger charge is -2.41. The predicted octanol–water partition coefficient (Wildman–Crippen LogP) is 2.78. The second-order valence-electron chi connectivity index (χ2n) is 10.1. The second-order valence-corrected chi connectivity index (χ2v) is 10.1. The summed E-state index contributed by atoms with van der Waals surface area (Å²) in [6.07, 6.45) is 4.66. The van der Waals surface area contributed by atoms with Crippen LogP contribution in [-0.2, 0) is 11.2 Å². The minimum Gasteiger partial charge on any atom is -0.497 e. The number of nitrogens with zero attached hydrogens (tertiary/aromatic N) is 2. The Morgan fingerprint density at radius 2 is 1.65 bits per heavy atom. The number of methoxy groups -OCH3 is 1. The van der Waals surface area contributed by atoms with Gasteiger partial charge < -0.3 is 14.5 Å². The molecule has 2 saturated heterocycles. The average Bonchev–Trinajstić information content (AvgIpc) is 2.95. The van der Waals surface area contributed by atoms with Gasteiger partial charge in [0.2, 0.25) is 5.91 Å². The lowest BCUT2D eigenvalue weighted by atomic mass is 9.72. The van der Waals surface area contributed by atoms with E-state index in [-0.39, 0.29) is 41.2 Å². The highest BCUT2D eigenvalue weighted by Crippen LogP contribution is 2.35. The number of hydrogen-bond donors (Lipinski definition) is 2. The topological polar surface area (TPSA) is 91.0 Å². The van der Waals surface area contributed by atoms with E-state index in [1.165, 1.54) is 6.07 Å². The van der Waals surface area contributed by atoms with Crippen molar-refractivity contribution in [2.75, 3.05) is 33.3 Å². The summed E-state index contributed by atoms with van der Waals surface area (Å²) in [5, 5.41) is 0. The Balaban J connectivity index is 1.22. The second kappa shape index (κ2) is 10.9. The van der Waals surface area contributed by atoms with Gasteiger partial charge in [0.25, 0.3) is 11.8 Å². The maximum atomic E-state index is 14.8. The molecule has 196 valence electrons. The van der Waals surface area contributed by atoms with Crippen molar-refractivity contribution < 1.29 is 23.5 Å². The fourth-order valence-electron chi connectivity index (χ4n) is 5.85. The van der Waals surface area contributed by atoms with Crippen LogP contribution >= 0.6 is 0 Å². The van der Waals surface area contributed by atoms with Crippen LogP contribution in [0.15, 0.2) is 42.5 Å². The lowest BCUT2D eigenvalue weighted by molar-refractivity contribution is -0.133. The normalized spacial score (nSPS) is 23.7. The number of halogens is 1. The molecular weight excluding hydrogens is 475 g/mol. The van der Waals surface area contributed by atoms with E-state index in [2.05, 4.69) is 10.9 Å². The molecule has 9 heteroatoms. The van der Waals surface area contributed by atoms with E-state index in [9.17, 15) is 18.8 Å². The predicted molar refractivity (Wildman–Crippen MR) is 135 cm³/mol. The van der Waals surface area contributed by atoms with Gasteiger partial charge in [-0.25, -0.2) is 9.82 Å². The van der Waals surface area contributed by atoms with Crippen LogP contribution in [0.4, 0.5) is 4.39 Å². The fraction of sp³-hybridized carbons (Fsp3) is 0.464. The zero-order valence-corrected chi connectivity index (χ0v) is 21.0. The SMILES string of the molecule is COc1ccc(C(=O)N2CCN(C(=O)c3cc(CC4NNC(=O)C5CCCCC45)ccc3F)CC2)cc1. The van der Waals surface area contributed by atoms with E-state index in [1.54, 1.807) is 53.3 Å². The zero-order valence-electron chi connectivity index (χ0n) is 21.0. The van der Waals surface area contributed by atoms with Crippen LogP contribution in [-0.4, -0.2) is 66.9 Å². The molecule has 2 aromatic rings. The van der Waals surface area contributed by atoms with E-state index in [0.29, 0.717) is 43.9 Å². The Labute approximate surface area is 216 Å². The monoisotopic (exact) mass is 508 g/mol. The maximum absolute atomic E-state index is 14.8. The molecule has 3 aliphatic rings. The van der Waals surface area contributed by atoms with Crippen molar-refractivity contribution in [3.05, 3.63) is 65.0 Å². The van der Waals surface area contributed by atoms with Gasteiger partial charge in [-0.3, -0.25) is 19.8 Å². The number of carbonyl (C=O) groups is 3. The Hall–Kier alpha value is -3.46. The summed E-state index contributed by atoms with van der Waals surface area (Å²) >= 11 is 0. The molecule has 3 amide bonds. The molecule has 2 heterocycles. The molecular formula is C28H33FN4O4. The molecule has 3 unspecified atom stereocenters. The molecule has 8 nitrogen and oxygen atoms in total. The minimum atomic E-state index is -0.550. The average molecular weight is 509 g/mol. The summed E-state index contributed by atoms with van der Waals surface area (Å²) in [6.45, 7) is 1.44. The summed E-state index contributed by atoms with van der Waals surface area (Å²) < 4.78 is 19.9. The van der Waals surface area contributed by atoms with Crippen LogP contribution in [0.3, 0.4) is 0 Å². The van der Waals surface area contributed by atoms with Crippen LogP contribution < -0.4 is 15.6 Å². The molecule has 5 rings (SSSR count). The third kappa shape index (κ3) is 5.32. The summed E-state index contributed by atoms with van der Waals surface area (Å²) in [4.78, 5) is 41.7. The first-order valence-electron chi connectivity index (χ1n) is 13.0. The first-order valence-corrected chi connectivity index (χ1v) is 13.0. The molecule has 2 N–H and O–H groups in total. The van der Waals surface area contributed by atoms with Gasteiger partial charge in [-0.15, -0.1) is 0 Å². The molecule has 37 heavy (non-hydrogen) atoms. The Kier molecular flexibility index (Phi) is 7.41. The Bertz CT molecular complexity index is 1160. The summed E-state index contributed by atoms with van der Waals surface area (Å²) in [6, 6.07) is 11.7. The largest absolute Gasteiger partial charge is 0.497 e. The van der Waals surface area contributed by atoms with Crippen molar-refractivity contribution in [3.63, 3.8) is 0 Å². The highest BCUT2D eigenvalue weighted by atomic mass is 19.1. The smallest absolute Gasteiger partial charge is 0.256 e. The molecule has 0 spiro atoms. The lowest BCUT2D eigenvalue weighted by Crippen LogP contribution is -2.60. The third-order valence-corrected chi connectivity index (χ3v) is 7.96. The van der Waals surface area contributed by atoms with Gasteiger partial charge >= 0.3 is 0 Å². The molecule has 1 saturated carbocycles. The summed E-state index contributed by atoms with van der Waals surface area (Å²) in [5.74, 6) is -0.0286. The molecule has 1 aliphatic carbocycles. The number of amides is 3. The van der Waals surface area contributed by atoms with Gasteiger partial charge in [0.05, 0.1) is 12.7 Å². The highest BCUT2D eigenvalue weighted by molar-refractivity contribution is 5.96. The number of hydrazine groups is 1. The number of piperazine rings is 1. The van der Waals surface area contributed by atoms with Gasteiger partial charge in [-0.2, -0.15) is 0 Å². The summed E-state index contributed by atoms with van der Waals surface area (Å²) in [7, 11) is 1.57. The molecule has 2 aliphatic heterocycles. The van der Waals surface area contributed by atoms with Gasteiger partial charge in [0.1, 0.15) is 11.6 Å². The van der Waals surface area contributed by atoms with Crippen molar-refractivity contribution in [2.24, 2.45) is 11.8 Å². The van der Waals surface area contributed by atoms with Crippen molar-refractivity contribution >= 4 is 17.7 Å². The van der Waals surface area contributed by atoms with Crippen LogP contribution in [0.2, 0.25) is 0 Å². The number of carbonyl (C=O) groups excluding carboxylic acids is 3. The van der Waals surface area contributed by atoms with Crippen LogP contribution in [0, 0.1) is 17.7 Å². The van der Waals surface area contributed by atoms with Crippen molar-refractivity contribution in [3.8, 4) is 5.75 Å². The highest BCUT2D eigenvalue weighted by Gasteiger charge is 2.40. The van der Waals surface area contributed by atoms with Gasteiger partial charge in [-0.05, 0) is 67.1 Å². The first kappa shape index (κ1) is 25.2. The molecule has 3 fully saturated rings. The van der Waals surface area contributed by atoms with Crippen LogP contribution in [0.25, 0.3) is 0 Å². The van der Waals surface area contributed by atoms with E-state index >= 15 is 0 Å². The molecule has 0 radical (unpaired) electrons. The van der Waals surface area contributed by atoms with E-state index in [1.807, 2.05) is 0 Å². The van der Waals surface area contributed by atoms with Crippen molar-refractivity contribution in [1.82, 2.24) is 20.7 Å². The van der Waals surface area contributed by atoms with E-state index < -0.39 is 5.82 Å². The zero-order chi connectivity index (χ0) is 25.9. The van der Waals surface area contributed by atoms with Crippen LogP contribution in [0.5, 0.6) is 5.75 Å². The van der Waals surface area contributed by atoms with Crippen molar-refractivity contribution in [1.29, 1.82) is 0 Å². The third-order valence-electron chi connectivity index (χ3n) is 7.96. The first-order chi connectivity index (χ1) is 17.9. The van der Waals surface area contributed by atoms with Gasteiger partial charge in [0.15, 0.2) is 0 Å². The Morgan fingerprint density at radius 1 is 0.973 bits per heavy atom. The maximum Gasteiger partial charge on any atom is 0.256 e. The summed E-state index contributed by atoms with van der Waals surface area (Å²) in [5.41, 5.74) is 7.42. The number of nitrogens with one attached hydrogen (secondary N) is 2. The Morgan fingerprint density at radius 3 is 2.35 bits per heavy atom. The number of fused-ring (bicyclic) bond motifs is 1. The van der Waals surface area contributed by atoms with Crippen molar-refractivity contribution in [2.45, 2.75) is 38.1 Å². The number of ether oxygens (including phenoxy) is 1.